The molecule has 0 saturated heterocycles. The van der Waals surface area contributed by atoms with Crippen molar-refractivity contribution in [1.82, 2.24) is 0 Å². The Morgan fingerprint density at radius 1 is 1.19 bits per heavy atom. The van der Waals surface area contributed by atoms with E-state index in [9.17, 15) is 13.2 Å². The fourth-order valence-corrected chi connectivity index (χ4v) is 4.56. The van der Waals surface area contributed by atoms with E-state index in [1.165, 1.54) is 12.1 Å². The number of nitrogens with one attached hydrogen (secondary N) is 2. The molecule has 3 rings (SSSR count). The molecule has 0 saturated carbocycles. The summed E-state index contributed by atoms with van der Waals surface area (Å²) < 4.78 is 28.1. The summed E-state index contributed by atoms with van der Waals surface area (Å²) in [5, 5.41) is 3.23. The number of aryl methyl sites for hydroxylation is 1. The molecule has 7 heteroatoms. The van der Waals surface area contributed by atoms with Gasteiger partial charge in [0.05, 0.1) is 10.6 Å². The number of carbonyl (C=O) groups is 1. The van der Waals surface area contributed by atoms with Gasteiger partial charge in [-0.15, -0.1) is 0 Å². The minimum absolute atomic E-state index is 0.112. The van der Waals surface area contributed by atoms with E-state index in [1.807, 2.05) is 0 Å². The Balaban J connectivity index is 1.77. The van der Waals surface area contributed by atoms with Crippen molar-refractivity contribution >= 4 is 38.9 Å². The average Bonchev–Trinajstić information content (AvgIpc) is 3.09. The Bertz CT molecular complexity index is 986. The summed E-state index contributed by atoms with van der Waals surface area (Å²) in [4.78, 5) is 12.3. The zero-order chi connectivity index (χ0) is 19.4. The molecule has 2 aromatic rings. The van der Waals surface area contributed by atoms with Gasteiger partial charge in [-0.2, -0.15) is 0 Å². The van der Waals surface area contributed by atoms with Gasteiger partial charge in [0.15, 0.2) is 0 Å². The normalized spacial score (nSPS) is 16.3. The standard InChI is InChI=1S/C20H21ClN2O3S/c1-14-9-10-17(22-20(24)11-15-5-2-3-6-15)13-19(14)27(25,26)23-18-8-4-7-16(21)12-18/h2,4-5,7-10,12-13,15,23H,3,6,11H2,1H3,(H,22,24). The minimum Gasteiger partial charge on any atom is -0.326 e. The summed E-state index contributed by atoms with van der Waals surface area (Å²) in [6, 6.07) is 11.4. The molecule has 0 fully saturated rings. The Morgan fingerprint density at radius 3 is 2.70 bits per heavy atom. The number of amides is 1. The maximum Gasteiger partial charge on any atom is 0.262 e. The second kappa shape index (κ2) is 8.15. The van der Waals surface area contributed by atoms with Crippen molar-refractivity contribution in [2.45, 2.75) is 31.1 Å². The third kappa shape index (κ3) is 5.11. The highest BCUT2D eigenvalue weighted by atomic mass is 35.5. The second-order valence-electron chi connectivity index (χ2n) is 6.61. The lowest BCUT2D eigenvalue weighted by atomic mass is 10.1. The van der Waals surface area contributed by atoms with Crippen LogP contribution in [0.1, 0.15) is 24.8 Å². The van der Waals surface area contributed by atoms with Gasteiger partial charge in [0.25, 0.3) is 10.0 Å². The van der Waals surface area contributed by atoms with Crippen LogP contribution in [0, 0.1) is 12.8 Å². The zero-order valence-corrected chi connectivity index (χ0v) is 16.5. The molecule has 2 N–H and O–H groups in total. The molecule has 0 radical (unpaired) electrons. The number of sulfonamides is 1. The number of anilines is 2. The van der Waals surface area contributed by atoms with Crippen molar-refractivity contribution in [3.05, 3.63) is 65.2 Å². The summed E-state index contributed by atoms with van der Waals surface area (Å²) in [5.41, 5.74) is 1.42. The molecule has 2 aromatic carbocycles. The van der Waals surface area contributed by atoms with Crippen LogP contribution in [0.5, 0.6) is 0 Å². The molecule has 1 amide bonds. The third-order valence-corrected chi connectivity index (χ3v) is 6.16. The van der Waals surface area contributed by atoms with Crippen molar-refractivity contribution in [3.63, 3.8) is 0 Å². The summed E-state index contributed by atoms with van der Waals surface area (Å²) in [7, 11) is -3.81. The topological polar surface area (TPSA) is 75.3 Å². The molecule has 5 nitrogen and oxygen atoms in total. The number of benzene rings is 2. The van der Waals surface area contributed by atoms with Crippen LogP contribution in [0.3, 0.4) is 0 Å². The van der Waals surface area contributed by atoms with Gasteiger partial charge >= 0.3 is 0 Å². The Kier molecular flexibility index (Phi) is 5.87. The monoisotopic (exact) mass is 404 g/mol. The van der Waals surface area contributed by atoms with Gasteiger partial charge in [0, 0.05) is 17.1 Å². The highest BCUT2D eigenvalue weighted by Gasteiger charge is 2.19. The van der Waals surface area contributed by atoms with E-state index in [4.69, 9.17) is 11.6 Å². The number of hydrogen-bond donors (Lipinski definition) is 2. The Hall–Kier alpha value is -2.31. The maximum absolute atomic E-state index is 12.8. The summed E-state index contributed by atoms with van der Waals surface area (Å²) in [5.74, 6) is 0.129. The highest BCUT2D eigenvalue weighted by Crippen LogP contribution is 2.25. The lowest BCUT2D eigenvalue weighted by Crippen LogP contribution is -2.17. The quantitative estimate of drug-likeness (QED) is 0.682. The van der Waals surface area contributed by atoms with E-state index >= 15 is 0 Å². The van der Waals surface area contributed by atoms with Gasteiger partial charge < -0.3 is 5.32 Å². The largest absolute Gasteiger partial charge is 0.326 e. The average molecular weight is 405 g/mol. The first-order valence-electron chi connectivity index (χ1n) is 8.69. The van der Waals surface area contributed by atoms with E-state index in [0.29, 0.717) is 28.4 Å². The fourth-order valence-electron chi connectivity index (χ4n) is 3.04. The SMILES string of the molecule is Cc1ccc(NC(=O)CC2C=CCC2)cc1S(=O)(=O)Nc1cccc(Cl)c1. The first kappa shape index (κ1) is 19.5. The van der Waals surface area contributed by atoms with E-state index in [2.05, 4.69) is 22.2 Å². The van der Waals surface area contributed by atoms with Crippen molar-refractivity contribution < 1.29 is 13.2 Å². The fraction of sp³-hybridized carbons (Fsp3) is 0.250. The lowest BCUT2D eigenvalue weighted by molar-refractivity contribution is -0.116. The van der Waals surface area contributed by atoms with Gasteiger partial charge in [-0.3, -0.25) is 9.52 Å². The molecule has 1 aliphatic carbocycles. The summed E-state index contributed by atoms with van der Waals surface area (Å²) in [6.45, 7) is 1.71. The molecule has 0 aromatic heterocycles. The molecule has 142 valence electrons. The van der Waals surface area contributed by atoms with Crippen LogP contribution < -0.4 is 10.0 Å². The van der Waals surface area contributed by atoms with Crippen LogP contribution >= 0.6 is 11.6 Å². The van der Waals surface area contributed by atoms with E-state index in [1.54, 1.807) is 37.3 Å². The van der Waals surface area contributed by atoms with Crippen LogP contribution in [0.25, 0.3) is 0 Å². The van der Waals surface area contributed by atoms with Crippen LogP contribution in [0.2, 0.25) is 5.02 Å². The van der Waals surface area contributed by atoms with Gasteiger partial charge in [-0.1, -0.05) is 35.9 Å². The molecule has 0 bridgehead atoms. The molecular weight excluding hydrogens is 384 g/mol. The summed E-state index contributed by atoms with van der Waals surface area (Å²) >= 11 is 5.92. The van der Waals surface area contributed by atoms with Crippen molar-refractivity contribution in [2.75, 3.05) is 10.0 Å². The molecular formula is C20H21ClN2O3S. The van der Waals surface area contributed by atoms with E-state index in [0.717, 1.165) is 12.8 Å². The van der Waals surface area contributed by atoms with Gasteiger partial charge in [0.1, 0.15) is 0 Å². The predicted octanol–water partition coefficient (Wildman–Crippen LogP) is 4.74. The number of hydrogen-bond acceptors (Lipinski definition) is 3. The minimum atomic E-state index is -3.81. The number of rotatable bonds is 6. The van der Waals surface area contributed by atoms with Crippen molar-refractivity contribution in [3.8, 4) is 0 Å². The molecule has 0 heterocycles. The van der Waals surface area contributed by atoms with E-state index in [-0.39, 0.29) is 16.7 Å². The molecule has 1 aliphatic rings. The van der Waals surface area contributed by atoms with Gasteiger partial charge in [-0.05, 0) is 61.6 Å². The Morgan fingerprint density at radius 2 is 2.00 bits per heavy atom. The zero-order valence-electron chi connectivity index (χ0n) is 14.9. The van der Waals surface area contributed by atoms with Gasteiger partial charge in [-0.25, -0.2) is 8.42 Å². The number of allylic oxidation sites excluding steroid dienone is 2. The van der Waals surface area contributed by atoms with Crippen LogP contribution in [-0.2, 0) is 14.8 Å². The van der Waals surface area contributed by atoms with Gasteiger partial charge in [0.2, 0.25) is 5.91 Å². The van der Waals surface area contributed by atoms with Crippen LogP contribution in [0.4, 0.5) is 11.4 Å². The maximum atomic E-state index is 12.8. The van der Waals surface area contributed by atoms with E-state index < -0.39 is 10.0 Å². The molecule has 1 unspecified atom stereocenters. The third-order valence-electron chi connectivity index (χ3n) is 4.40. The van der Waals surface area contributed by atoms with Crippen LogP contribution in [-0.4, -0.2) is 14.3 Å². The predicted molar refractivity (Wildman–Crippen MR) is 109 cm³/mol. The summed E-state index contributed by atoms with van der Waals surface area (Å²) in [6.07, 6.45) is 6.51. The second-order valence-corrected chi connectivity index (χ2v) is 8.70. The molecule has 27 heavy (non-hydrogen) atoms. The van der Waals surface area contributed by atoms with Crippen molar-refractivity contribution in [2.24, 2.45) is 5.92 Å². The first-order chi connectivity index (χ1) is 12.8. The number of halogens is 1. The molecule has 0 spiro atoms. The van der Waals surface area contributed by atoms with Crippen LogP contribution in [0.15, 0.2) is 59.5 Å². The first-order valence-corrected chi connectivity index (χ1v) is 10.6. The molecule has 1 atom stereocenters. The smallest absolute Gasteiger partial charge is 0.262 e. The highest BCUT2D eigenvalue weighted by molar-refractivity contribution is 7.92. The van der Waals surface area contributed by atoms with Crippen molar-refractivity contribution in [1.29, 1.82) is 0 Å². The lowest BCUT2D eigenvalue weighted by Gasteiger charge is -2.13. The molecule has 0 aliphatic heterocycles. The Labute approximate surface area is 164 Å². The number of carbonyl (C=O) groups excluding carboxylic acids is 1.